The van der Waals surface area contributed by atoms with E-state index in [1.807, 2.05) is 93.7 Å². The van der Waals surface area contributed by atoms with Gasteiger partial charge in [0.15, 0.2) is 0 Å². The van der Waals surface area contributed by atoms with Crippen LogP contribution in [-0.4, -0.2) is 62.9 Å². The van der Waals surface area contributed by atoms with Gasteiger partial charge in [-0.25, -0.2) is 13.1 Å². The first kappa shape index (κ1) is 30.4. The fourth-order valence-corrected chi connectivity index (χ4v) is 8.59. The molecule has 8 nitrogen and oxygen atoms in total. The maximum absolute atomic E-state index is 13.7. The van der Waals surface area contributed by atoms with Gasteiger partial charge in [0.25, 0.3) is 5.91 Å². The van der Waals surface area contributed by atoms with Crippen LogP contribution in [0.5, 0.6) is 0 Å². The fourth-order valence-electron chi connectivity index (χ4n) is 5.55. The van der Waals surface area contributed by atoms with Crippen molar-refractivity contribution in [3.05, 3.63) is 107 Å². The zero-order chi connectivity index (χ0) is 31.0. The van der Waals surface area contributed by atoms with Crippen LogP contribution >= 0.6 is 24.0 Å². The average Bonchev–Trinajstić information content (AvgIpc) is 3.57. The van der Waals surface area contributed by atoms with E-state index in [-0.39, 0.29) is 42.1 Å². The topological polar surface area (TPSA) is 84.7 Å². The predicted octanol–water partition coefficient (Wildman–Crippen LogP) is 6.30. The van der Waals surface area contributed by atoms with Gasteiger partial charge >= 0.3 is 0 Å². The van der Waals surface area contributed by atoms with E-state index in [0.717, 1.165) is 11.3 Å². The number of hydrogen-bond donors (Lipinski definition) is 0. The highest BCUT2D eigenvalue weighted by molar-refractivity contribution is 8.26. The van der Waals surface area contributed by atoms with Crippen molar-refractivity contribution in [3.8, 4) is 16.9 Å². The molecule has 6 rings (SSSR count). The predicted molar refractivity (Wildman–Crippen MR) is 178 cm³/mol. The summed E-state index contributed by atoms with van der Waals surface area (Å²) in [6, 6.07) is 26.0. The Hall–Kier alpha value is -3.61. The minimum atomic E-state index is -3.78. The first-order valence-corrected chi connectivity index (χ1v) is 17.0. The molecule has 0 saturated carbocycles. The Bertz CT molecular complexity index is 1830. The van der Waals surface area contributed by atoms with E-state index in [0.29, 0.717) is 26.0 Å². The van der Waals surface area contributed by atoms with Crippen molar-refractivity contribution in [1.82, 2.24) is 19.0 Å². The molecule has 2 aliphatic rings. The molecule has 11 heteroatoms. The second-order valence-electron chi connectivity index (χ2n) is 11.0. The van der Waals surface area contributed by atoms with Crippen molar-refractivity contribution < 1.29 is 17.9 Å². The lowest BCUT2D eigenvalue weighted by atomic mass is 10.1. The van der Waals surface area contributed by atoms with Gasteiger partial charge in [0.1, 0.15) is 10.0 Å². The highest BCUT2D eigenvalue weighted by Gasteiger charge is 2.36. The van der Waals surface area contributed by atoms with E-state index in [1.165, 1.54) is 16.1 Å². The van der Waals surface area contributed by atoms with Crippen LogP contribution in [0.15, 0.2) is 101 Å². The molecule has 2 fully saturated rings. The lowest BCUT2D eigenvalue weighted by molar-refractivity contribution is -0.123. The Morgan fingerprint density at radius 1 is 0.977 bits per heavy atom. The highest BCUT2D eigenvalue weighted by Crippen LogP contribution is 2.39. The van der Waals surface area contributed by atoms with Crippen molar-refractivity contribution in [3.63, 3.8) is 0 Å². The molecule has 2 saturated heterocycles. The third-order valence-electron chi connectivity index (χ3n) is 7.67. The molecule has 0 spiro atoms. The molecule has 1 aromatic heterocycles. The third kappa shape index (κ3) is 6.02. The Kier molecular flexibility index (Phi) is 8.58. The Balaban J connectivity index is 1.39. The summed E-state index contributed by atoms with van der Waals surface area (Å²) < 4.78 is 36.9. The summed E-state index contributed by atoms with van der Waals surface area (Å²) in [6.45, 7) is 6.28. The summed E-state index contributed by atoms with van der Waals surface area (Å²) in [6.07, 6.45) is 3.25. The van der Waals surface area contributed by atoms with Gasteiger partial charge in [-0.05, 0) is 56.7 Å². The molecule has 226 valence electrons. The molecule has 3 aromatic carbocycles. The minimum Gasteiger partial charge on any atom is -0.373 e. The second kappa shape index (κ2) is 12.4. The zero-order valence-corrected chi connectivity index (χ0v) is 27.0. The lowest BCUT2D eigenvalue weighted by Gasteiger charge is -2.34. The van der Waals surface area contributed by atoms with Crippen molar-refractivity contribution in [2.24, 2.45) is 0 Å². The summed E-state index contributed by atoms with van der Waals surface area (Å²) in [4.78, 5) is 16.0. The number of ether oxygens (including phenoxy) is 1. The van der Waals surface area contributed by atoms with Gasteiger partial charge in [0, 0.05) is 30.4 Å². The van der Waals surface area contributed by atoms with Crippen LogP contribution in [0, 0.1) is 0 Å². The molecule has 0 N–H and O–H groups in total. The van der Waals surface area contributed by atoms with E-state index in [2.05, 4.69) is 0 Å². The van der Waals surface area contributed by atoms with E-state index >= 15 is 0 Å². The number of hydrogen-bond acceptors (Lipinski definition) is 7. The molecule has 0 bridgehead atoms. The number of aromatic nitrogens is 2. The summed E-state index contributed by atoms with van der Waals surface area (Å²) in [5.41, 5.74) is 3.67. The SMILES string of the molecule is CC1CN(S(=O)(=O)c2cccc(-c3nn(-c4ccccc4)cc3/C=C3\SC(=S)N(C(C)c4ccccc4)C3=O)c2)CC(C)O1. The van der Waals surface area contributed by atoms with E-state index in [4.69, 9.17) is 22.1 Å². The van der Waals surface area contributed by atoms with Crippen LogP contribution < -0.4 is 0 Å². The number of thioether (sulfide) groups is 1. The van der Waals surface area contributed by atoms with E-state index < -0.39 is 10.0 Å². The number of rotatable bonds is 7. The number of para-hydroxylation sites is 1. The van der Waals surface area contributed by atoms with Gasteiger partial charge in [-0.3, -0.25) is 9.69 Å². The van der Waals surface area contributed by atoms with Gasteiger partial charge < -0.3 is 4.74 Å². The third-order valence-corrected chi connectivity index (χ3v) is 10.8. The largest absolute Gasteiger partial charge is 0.373 e. The summed E-state index contributed by atoms with van der Waals surface area (Å²) in [5.74, 6) is -0.179. The van der Waals surface area contributed by atoms with Gasteiger partial charge in [0.05, 0.1) is 33.7 Å². The molecule has 0 aliphatic carbocycles. The molecule has 1 amide bonds. The highest BCUT2D eigenvalue weighted by atomic mass is 32.2. The number of amides is 1. The Morgan fingerprint density at radius 2 is 1.64 bits per heavy atom. The normalized spacial score (nSPS) is 21.2. The number of thiocarbonyl (C=S) groups is 1. The summed E-state index contributed by atoms with van der Waals surface area (Å²) in [5, 5.41) is 4.87. The number of carbonyl (C=O) groups excluding carboxylic acids is 1. The molecule has 2 aliphatic heterocycles. The second-order valence-corrected chi connectivity index (χ2v) is 14.6. The molecular formula is C33H32N4O4S3. The average molecular weight is 645 g/mol. The van der Waals surface area contributed by atoms with Crippen molar-refractivity contribution in [2.45, 2.75) is 43.9 Å². The number of benzene rings is 3. The zero-order valence-electron chi connectivity index (χ0n) is 24.5. The quantitative estimate of drug-likeness (QED) is 0.173. The van der Waals surface area contributed by atoms with Crippen LogP contribution in [0.25, 0.3) is 23.0 Å². The monoisotopic (exact) mass is 644 g/mol. The minimum absolute atomic E-state index is 0.179. The molecule has 3 atom stereocenters. The van der Waals surface area contributed by atoms with Gasteiger partial charge in [-0.2, -0.15) is 9.40 Å². The Labute approximate surface area is 267 Å². The summed E-state index contributed by atoms with van der Waals surface area (Å²) >= 11 is 6.91. The first-order chi connectivity index (χ1) is 21.1. The van der Waals surface area contributed by atoms with Crippen LogP contribution in [0.2, 0.25) is 0 Å². The van der Waals surface area contributed by atoms with E-state index in [1.54, 1.807) is 33.9 Å². The first-order valence-electron chi connectivity index (χ1n) is 14.3. The molecule has 3 unspecified atom stereocenters. The number of carbonyl (C=O) groups is 1. The van der Waals surface area contributed by atoms with Crippen molar-refractivity contribution in [1.29, 1.82) is 0 Å². The fraction of sp³-hybridized carbons (Fsp3) is 0.242. The van der Waals surface area contributed by atoms with Gasteiger partial charge in [-0.15, -0.1) is 0 Å². The van der Waals surface area contributed by atoms with Gasteiger partial charge in [-0.1, -0.05) is 84.6 Å². The maximum Gasteiger partial charge on any atom is 0.266 e. The smallest absolute Gasteiger partial charge is 0.266 e. The van der Waals surface area contributed by atoms with Crippen LogP contribution in [0.3, 0.4) is 0 Å². The molecule has 44 heavy (non-hydrogen) atoms. The van der Waals surface area contributed by atoms with Crippen LogP contribution in [-0.2, 0) is 19.6 Å². The number of sulfonamides is 1. The molecule has 4 aromatic rings. The maximum atomic E-state index is 13.7. The van der Waals surface area contributed by atoms with Crippen LogP contribution in [0.4, 0.5) is 0 Å². The summed E-state index contributed by atoms with van der Waals surface area (Å²) in [7, 11) is -3.78. The van der Waals surface area contributed by atoms with Crippen molar-refractivity contribution in [2.75, 3.05) is 13.1 Å². The molecule has 3 heterocycles. The standard InChI is InChI=1S/C33H32N4O4S3/c1-22-19-35(20-23(2)41-22)44(39,40)29-16-10-13-26(17-29)31-27(21-36(34-31)28-14-8-5-9-15-28)18-30-32(38)37(33(42)43-30)24(3)25-11-6-4-7-12-25/h4-18,21-24H,19-20H2,1-3H3/b30-18-. The number of nitrogens with zero attached hydrogens (tertiary/aromatic N) is 4. The van der Waals surface area contributed by atoms with Gasteiger partial charge in [0.2, 0.25) is 10.0 Å². The van der Waals surface area contributed by atoms with E-state index in [9.17, 15) is 13.2 Å². The van der Waals surface area contributed by atoms with Crippen LogP contribution in [0.1, 0.15) is 37.9 Å². The molecule has 0 radical (unpaired) electrons. The number of morpholine rings is 1. The Morgan fingerprint density at radius 3 is 2.32 bits per heavy atom. The molecular weight excluding hydrogens is 613 g/mol. The van der Waals surface area contributed by atoms with Crippen molar-refractivity contribution >= 4 is 50.3 Å². The lowest BCUT2D eigenvalue weighted by Crippen LogP contribution is -2.48.